The molecule has 0 amide bonds. The number of rotatable bonds is 6. The minimum atomic E-state index is 0.562. The summed E-state index contributed by atoms with van der Waals surface area (Å²) in [5, 5.41) is 1.71. The third kappa shape index (κ3) is 3.69. The predicted octanol–water partition coefficient (Wildman–Crippen LogP) is 3.44. The topological polar surface area (TPSA) is 48.1 Å². The van der Waals surface area contributed by atoms with Crippen LogP contribution in [-0.2, 0) is 19.4 Å². The molecule has 1 aromatic heterocycles. The highest BCUT2D eigenvalue weighted by Crippen LogP contribution is 2.24. The molecule has 0 unspecified atom stereocenters. The lowest BCUT2D eigenvalue weighted by Crippen LogP contribution is -2.01. The summed E-state index contributed by atoms with van der Waals surface area (Å²) in [5.41, 5.74) is 6.81. The van der Waals surface area contributed by atoms with Crippen molar-refractivity contribution in [2.45, 2.75) is 26.3 Å². The summed E-state index contributed by atoms with van der Waals surface area (Å²) < 4.78 is 5.66. The van der Waals surface area contributed by atoms with Crippen molar-refractivity contribution in [2.75, 3.05) is 6.61 Å². The van der Waals surface area contributed by atoms with E-state index in [0.29, 0.717) is 18.2 Å². The van der Waals surface area contributed by atoms with Crippen molar-refractivity contribution < 1.29 is 4.74 Å². The second kappa shape index (κ2) is 6.89. The third-order valence-corrected chi connectivity index (χ3v) is 4.24. The number of aromatic nitrogens is 1. The summed E-state index contributed by atoms with van der Waals surface area (Å²) in [6.45, 7) is 3.23. The fraction of sp³-hybridized carbons (Fsp3) is 0.357. The predicted molar refractivity (Wildman–Crippen MR) is 80.0 cm³/mol. The number of nitrogens with zero attached hydrogens (tertiary/aromatic N) is 1. The summed E-state index contributed by atoms with van der Waals surface area (Å²) in [6.07, 6.45) is 1.71. The van der Waals surface area contributed by atoms with E-state index in [1.165, 1.54) is 4.88 Å². The number of benzene rings is 1. The number of aryl methyl sites for hydroxylation is 1. The lowest BCUT2D eigenvalue weighted by Gasteiger charge is -2.06. The van der Waals surface area contributed by atoms with Crippen LogP contribution < -0.4 is 10.5 Å². The zero-order chi connectivity index (χ0) is 13.7. The molecule has 0 saturated carbocycles. The molecule has 0 aliphatic rings. The van der Waals surface area contributed by atoms with Crippen molar-refractivity contribution in [2.24, 2.45) is 5.73 Å². The van der Waals surface area contributed by atoms with Gasteiger partial charge in [-0.25, -0.2) is 4.98 Å². The lowest BCUT2D eigenvalue weighted by atomic mass is 10.3. The maximum atomic E-state index is 6.03. The molecule has 0 spiro atoms. The van der Waals surface area contributed by atoms with Gasteiger partial charge in [0.05, 0.1) is 22.3 Å². The number of ether oxygens (including phenoxy) is 1. The summed E-state index contributed by atoms with van der Waals surface area (Å²) >= 11 is 7.70. The average Bonchev–Trinajstić information content (AvgIpc) is 2.83. The number of thiazole rings is 1. The number of hydrogen-bond acceptors (Lipinski definition) is 4. The molecule has 0 radical (unpaired) electrons. The number of halogens is 1. The fourth-order valence-electron chi connectivity index (χ4n) is 1.79. The molecule has 0 aliphatic heterocycles. The van der Waals surface area contributed by atoms with Gasteiger partial charge in [-0.05, 0) is 18.6 Å². The molecule has 0 fully saturated rings. The number of hydrogen-bond donors (Lipinski definition) is 1. The Morgan fingerprint density at radius 3 is 2.79 bits per heavy atom. The molecule has 2 aromatic rings. The first-order chi connectivity index (χ1) is 9.24. The second-order valence-electron chi connectivity index (χ2n) is 4.06. The van der Waals surface area contributed by atoms with Gasteiger partial charge in [0.15, 0.2) is 0 Å². The van der Waals surface area contributed by atoms with Crippen LogP contribution in [0.25, 0.3) is 0 Å². The van der Waals surface area contributed by atoms with Gasteiger partial charge >= 0.3 is 0 Å². The summed E-state index contributed by atoms with van der Waals surface area (Å²) in [5.74, 6) is 0.718. The average molecular weight is 297 g/mol. The van der Waals surface area contributed by atoms with Gasteiger partial charge in [-0.3, -0.25) is 0 Å². The van der Waals surface area contributed by atoms with Crippen LogP contribution in [-0.4, -0.2) is 11.6 Å². The van der Waals surface area contributed by atoms with Gasteiger partial charge < -0.3 is 10.5 Å². The van der Waals surface area contributed by atoms with E-state index in [-0.39, 0.29) is 0 Å². The van der Waals surface area contributed by atoms with Crippen LogP contribution in [0.4, 0.5) is 0 Å². The van der Waals surface area contributed by atoms with E-state index in [1.54, 1.807) is 11.3 Å². The quantitative estimate of drug-likeness (QED) is 0.888. The highest BCUT2D eigenvalue weighted by atomic mass is 35.5. The minimum Gasteiger partial charge on any atom is -0.492 e. The Balaban J connectivity index is 1.92. The van der Waals surface area contributed by atoms with Gasteiger partial charge in [0.1, 0.15) is 5.75 Å². The van der Waals surface area contributed by atoms with E-state index in [9.17, 15) is 0 Å². The molecule has 0 saturated heterocycles. The molecule has 0 bridgehead atoms. The Hall–Kier alpha value is -1.10. The smallest absolute Gasteiger partial charge is 0.137 e. The molecule has 2 N–H and O–H groups in total. The molecular formula is C14H17ClN2OS. The molecule has 5 heteroatoms. The maximum absolute atomic E-state index is 6.03. The lowest BCUT2D eigenvalue weighted by molar-refractivity contribution is 0.322. The molecular weight excluding hydrogens is 280 g/mol. The van der Waals surface area contributed by atoms with Crippen molar-refractivity contribution in [3.05, 3.63) is 44.9 Å². The van der Waals surface area contributed by atoms with Gasteiger partial charge in [0.25, 0.3) is 0 Å². The Morgan fingerprint density at radius 2 is 2.16 bits per heavy atom. The van der Waals surface area contributed by atoms with E-state index < -0.39 is 0 Å². The van der Waals surface area contributed by atoms with Crippen LogP contribution in [0.5, 0.6) is 5.75 Å². The minimum absolute atomic E-state index is 0.562. The summed E-state index contributed by atoms with van der Waals surface area (Å²) in [4.78, 5) is 5.75. The summed E-state index contributed by atoms with van der Waals surface area (Å²) in [6, 6.07) is 7.48. The van der Waals surface area contributed by atoms with Crippen molar-refractivity contribution in [3.63, 3.8) is 0 Å². The Morgan fingerprint density at radius 1 is 1.37 bits per heavy atom. The highest BCUT2D eigenvalue weighted by molar-refractivity contribution is 7.11. The van der Waals surface area contributed by atoms with Gasteiger partial charge in [-0.15, -0.1) is 11.3 Å². The molecule has 3 nitrogen and oxygen atoms in total. The molecule has 19 heavy (non-hydrogen) atoms. The van der Waals surface area contributed by atoms with Crippen molar-refractivity contribution in [1.29, 1.82) is 0 Å². The van der Waals surface area contributed by atoms with Crippen LogP contribution in [0.15, 0.2) is 24.3 Å². The molecule has 1 heterocycles. The normalized spacial score (nSPS) is 10.7. The van der Waals surface area contributed by atoms with Gasteiger partial charge in [-0.2, -0.15) is 0 Å². The van der Waals surface area contributed by atoms with E-state index >= 15 is 0 Å². The van der Waals surface area contributed by atoms with Crippen LogP contribution in [0.2, 0.25) is 5.02 Å². The Labute approximate surface area is 122 Å². The Bertz CT molecular complexity index is 520. The monoisotopic (exact) mass is 296 g/mol. The van der Waals surface area contributed by atoms with Crippen molar-refractivity contribution in [3.8, 4) is 5.75 Å². The van der Waals surface area contributed by atoms with E-state index in [2.05, 4.69) is 11.9 Å². The first kappa shape index (κ1) is 14.3. The standard InChI is InChI=1S/C14H17ClN2OS/c1-2-11-13(9-16)19-14(17-11)7-8-18-12-6-4-3-5-10(12)15/h3-6H,2,7-9,16H2,1H3. The number of nitrogens with two attached hydrogens (primary N) is 1. The second-order valence-corrected chi connectivity index (χ2v) is 5.64. The van der Waals surface area contributed by atoms with Crippen LogP contribution in [0.1, 0.15) is 22.5 Å². The van der Waals surface area contributed by atoms with E-state index in [1.807, 2.05) is 24.3 Å². The van der Waals surface area contributed by atoms with Crippen molar-refractivity contribution in [1.82, 2.24) is 4.98 Å². The first-order valence-electron chi connectivity index (χ1n) is 6.29. The van der Waals surface area contributed by atoms with Crippen molar-refractivity contribution >= 4 is 22.9 Å². The maximum Gasteiger partial charge on any atom is 0.137 e. The highest BCUT2D eigenvalue weighted by Gasteiger charge is 2.08. The van der Waals surface area contributed by atoms with Gasteiger partial charge in [-0.1, -0.05) is 30.7 Å². The van der Waals surface area contributed by atoms with Crippen LogP contribution >= 0.6 is 22.9 Å². The molecule has 2 rings (SSSR count). The Kier molecular flexibility index (Phi) is 5.19. The molecule has 0 atom stereocenters. The molecule has 1 aromatic carbocycles. The van der Waals surface area contributed by atoms with Crippen LogP contribution in [0.3, 0.4) is 0 Å². The first-order valence-corrected chi connectivity index (χ1v) is 7.49. The number of para-hydroxylation sites is 1. The zero-order valence-corrected chi connectivity index (χ0v) is 12.4. The van der Waals surface area contributed by atoms with E-state index in [0.717, 1.165) is 29.3 Å². The third-order valence-electron chi connectivity index (χ3n) is 2.75. The SMILES string of the molecule is CCc1nc(CCOc2ccccc2Cl)sc1CN. The fourth-order valence-corrected chi connectivity index (χ4v) is 3.00. The van der Waals surface area contributed by atoms with Crippen LogP contribution in [0, 0.1) is 0 Å². The molecule has 102 valence electrons. The largest absolute Gasteiger partial charge is 0.492 e. The zero-order valence-electron chi connectivity index (χ0n) is 10.9. The van der Waals surface area contributed by atoms with Gasteiger partial charge in [0.2, 0.25) is 0 Å². The van der Waals surface area contributed by atoms with Gasteiger partial charge in [0, 0.05) is 17.8 Å². The molecule has 0 aliphatic carbocycles. The summed E-state index contributed by atoms with van der Waals surface area (Å²) in [7, 11) is 0. The van der Waals surface area contributed by atoms with E-state index in [4.69, 9.17) is 22.1 Å².